The number of halogens is 1. The van der Waals surface area contributed by atoms with Crippen LogP contribution in [0, 0.1) is 0 Å². The van der Waals surface area contributed by atoms with Gasteiger partial charge in [-0.25, -0.2) is 0 Å². The molecule has 0 saturated heterocycles. The molecule has 2 heterocycles. The molecule has 1 aliphatic heterocycles. The average Bonchev–Trinajstić information content (AvgIpc) is 3.23. The van der Waals surface area contributed by atoms with Gasteiger partial charge in [0.2, 0.25) is 0 Å². The van der Waals surface area contributed by atoms with Gasteiger partial charge in [0, 0.05) is 22.6 Å². The van der Waals surface area contributed by atoms with E-state index in [2.05, 4.69) is 29.6 Å². The van der Waals surface area contributed by atoms with Crippen molar-refractivity contribution in [3.8, 4) is 0 Å². The van der Waals surface area contributed by atoms with Gasteiger partial charge in [0.1, 0.15) is 6.54 Å². The van der Waals surface area contributed by atoms with Crippen LogP contribution < -0.4 is 10.2 Å². The molecule has 0 radical (unpaired) electrons. The van der Waals surface area contributed by atoms with E-state index in [1.54, 1.807) is 30.5 Å². The normalized spacial score (nSPS) is 17.1. The predicted molar refractivity (Wildman–Crippen MR) is 105 cm³/mol. The molecule has 0 fully saturated rings. The molecule has 4 nitrogen and oxygen atoms in total. The van der Waals surface area contributed by atoms with E-state index < -0.39 is 0 Å². The van der Waals surface area contributed by atoms with E-state index in [1.165, 1.54) is 16.0 Å². The third-order valence-electron chi connectivity index (χ3n) is 5.20. The molecule has 5 heteroatoms. The molecule has 1 aliphatic rings. The van der Waals surface area contributed by atoms with Crippen molar-refractivity contribution >= 4 is 17.5 Å². The van der Waals surface area contributed by atoms with Crippen molar-refractivity contribution in [2.45, 2.75) is 19.0 Å². The highest BCUT2D eigenvalue weighted by Crippen LogP contribution is 2.16. The highest BCUT2D eigenvalue weighted by molar-refractivity contribution is 6.30. The zero-order chi connectivity index (χ0) is 18.6. The van der Waals surface area contributed by atoms with Gasteiger partial charge in [-0.1, -0.05) is 35.9 Å². The number of hydrogen-bond acceptors (Lipinski definition) is 2. The molecular weight excluding hydrogens is 360 g/mol. The monoisotopic (exact) mass is 381 g/mol. The lowest BCUT2D eigenvalue weighted by Gasteiger charge is -2.31. The van der Waals surface area contributed by atoms with Crippen molar-refractivity contribution in [1.29, 1.82) is 0 Å². The SMILES string of the molecule is O=C(NC[C@H](c1ccco1)[NH+]1CCc2ccccc2C1)c1ccc(Cl)cc1. The maximum Gasteiger partial charge on any atom is 0.251 e. The van der Waals surface area contributed by atoms with Gasteiger partial charge in [0.15, 0.2) is 11.8 Å². The maximum absolute atomic E-state index is 12.5. The fraction of sp³-hybridized carbons (Fsp3) is 0.227. The van der Waals surface area contributed by atoms with Gasteiger partial charge in [-0.05, 0) is 42.0 Å². The van der Waals surface area contributed by atoms with Crippen LogP contribution in [-0.4, -0.2) is 19.0 Å². The second-order valence-electron chi connectivity index (χ2n) is 6.89. The van der Waals surface area contributed by atoms with Crippen LogP contribution in [-0.2, 0) is 13.0 Å². The number of amides is 1. The molecule has 3 aromatic rings. The van der Waals surface area contributed by atoms with Crippen molar-refractivity contribution in [3.63, 3.8) is 0 Å². The van der Waals surface area contributed by atoms with E-state index in [0.29, 0.717) is 17.1 Å². The quantitative estimate of drug-likeness (QED) is 0.713. The Bertz CT molecular complexity index is 906. The Morgan fingerprint density at radius 2 is 1.85 bits per heavy atom. The standard InChI is InChI=1S/C22H21ClN2O2/c23-19-9-7-17(8-10-19)22(26)24-14-20(21-6-3-13-27-21)25-12-11-16-4-1-2-5-18(16)15-25/h1-10,13,20H,11-12,14-15H2,(H,24,26)/p+1/t20-/m1/s1. The summed E-state index contributed by atoms with van der Waals surface area (Å²) >= 11 is 5.91. The Morgan fingerprint density at radius 3 is 2.59 bits per heavy atom. The summed E-state index contributed by atoms with van der Waals surface area (Å²) in [5.41, 5.74) is 3.40. The van der Waals surface area contributed by atoms with Crippen LogP contribution in [0.25, 0.3) is 0 Å². The number of benzene rings is 2. The minimum Gasteiger partial charge on any atom is -0.463 e. The van der Waals surface area contributed by atoms with E-state index in [1.807, 2.05) is 12.1 Å². The first kappa shape index (κ1) is 17.8. The molecule has 2 N–H and O–H groups in total. The number of nitrogens with one attached hydrogen (secondary N) is 2. The number of quaternary nitrogens is 1. The van der Waals surface area contributed by atoms with E-state index in [0.717, 1.165) is 25.3 Å². The Balaban J connectivity index is 1.49. The van der Waals surface area contributed by atoms with Crippen LogP contribution in [0.3, 0.4) is 0 Å². The van der Waals surface area contributed by atoms with Crippen molar-refractivity contribution in [3.05, 3.63) is 94.4 Å². The molecule has 4 rings (SSSR count). The van der Waals surface area contributed by atoms with Gasteiger partial charge >= 0.3 is 0 Å². The molecule has 138 valence electrons. The zero-order valence-electron chi connectivity index (χ0n) is 15.0. The number of fused-ring (bicyclic) bond motifs is 1. The average molecular weight is 382 g/mol. The third-order valence-corrected chi connectivity index (χ3v) is 5.46. The summed E-state index contributed by atoms with van der Waals surface area (Å²) in [6, 6.07) is 19.5. The van der Waals surface area contributed by atoms with Crippen molar-refractivity contribution in [1.82, 2.24) is 5.32 Å². The molecule has 0 bridgehead atoms. The minimum absolute atomic E-state index is 0.0737. The Kier molecular flexibility index (Phi) is 5.28. The van der Waals surface area contributed by atoms with Crippen LogP contribution in [0.1, 0.15) is 33.3 Å². The maximum atomic E-state index is 12.5. The van der Waals surface area contributed by atoms with Crippen LogP contribution in [0.4, 0.5) is 0 Å². The first-order valence-electron chi connectivity index (χ1n) is 9.19. The molecule has 2 atom stereocenters. The lowest BCUT2D eigenvalue weighted by molar-refractivity contribution is -0.946. The molecule has 27 heavy (non-hydrogen) atoms. The van der Waals surface area contributed by atoms with Crippen molar-refractivity contribution in [2.24, 2.45) is 0 Å². The van der Waals surface area contributed by atoms with Crippen LogP contribution in [0.5, 0.6) is 0 Å². The number of rotatable bonds is 5. The second-order valence-corrected chi connectivity index (χ2v) is 7.33. The molecule has 0 spiro atoms. The molecule has 0 aliphatic carbocycles. The highest BCUT2D eigenvalue weighted by Gasteiger charge is 2.30. The number of carbonyl (C=O) groups is 1. The molecular formula is C22H22ClN2O2+. The summed E-state index contributed by atoms with van der Waals surface area (Å²) in [6.45, 7) is 2.46. The summed E-state index contributed by atoms with van der Waals surface area (Å²) in [5.74, 6) is 0.806. The van der Waals surface area contributed by atoms with Gasteiger partial charge in [-0.3, -0.25) is 4.79 Å². The fourth-order valence-corrected chi connectivity index (χ4v) is 3.86. The fourth-order valence-electron chi connectivity index (χ4n) is 3.73. The first-order chi connectivity index (χ1) is 13.2. The second kappa shape index (κ2) is 7.99. The summed E-state index contributed by atoms with van der Waals surface area (Å²) in [7, 11) is 0. The number of hydrogen-bond donors (Lipinski definition) is 2. The van der Waals surface area contributed by atoms with E-state index in [-0.39, 0.29) is 11.9 Å². The highest BCUT2D eigenvalue weighted by atomic mass is 35.5. The Labute approximate surface area is 163 Å². The van der Waals surface area contributed by atoms with Crippen LogP contribution >= 0.6 is 11.6 Å². The zero-order valence-corrected chi connectivity index (χ0v) is 15.7. The largest absolute Gasteiger partial charge is 0.463 e. The molecule has 2 aromatic carbocycles. The van der Waals surface area contributed by atoms with E-state index >= 15 is 0 Å². The summed E-state index contributed by atoms with van der Waals surface area (Å²) < 4.78 is 5.70. The van der Waals surface area contributed by atoms with Crippen molar-refractivity contribution < 1.29 is 14.1 Å². The van der Waals surface area contributed by atoms with Gasteiger partial charge < -0.3 is 14.6 Å². The molecule has 0 saturated carbocycles. The Hall–Kier alpha value is -2.56. The van der Waals surface area contributed by atoms with Gasteiger partial charge in [-0.2, -0.15) is 0 Å². The van der Waals surface area contributed by atoms with E-state index in [4.69, 9.17) is 16.0 Å². The third kappa shape index (κ3) is 4.07. The van der Waals surface area contributed by atoms with Crippen LogP contribution in [0.2, 0.25) is 5.02 Å². The summed E-state index contributed by atoms with van der Waals surface area (Å²) in [4.78, 5) is 13.9. The van der Waals surface area contributed by atoms with E-state index in [9.17, 15) is 4.79 Å². The number of carbonyl (C=O) groups excluding carboxylic acids is 1. The van der Waals surface area contributed by atoms with Crippen LogP contribution in [0.15, 0.2) is 71.3 Å². The topological polar surface area (TPSA) is 46.7 Å². The molecule has 1 unspecified atom stereocenters. The summed E-state index contributed by atoms with van der Waals surface area (Å²) in [6.07, 6.45) is 2.73. The van der Waals surface area contributed by atoms with Gasteiger partial charge in [-0.15, -0.1) is 0 Å². The Morgan fingerprint density at radius 1 is 1.07 bits per heavy atom. The van der Waals surface area contributed by atoms with Crippen molar-refractivity contribution in [2.75, 3.05) is 13.1 Å². The van der Waals surface area contributed by atoms with Gasteiger partial charge in [0.25, 0.3) is 5.91 Å². The predicted octanol–water partition coefficient (Wildman–Crippen LogP) is 3.05. The molecule has 1 aromatic heterocycles. The van der Waals surface area contributed by atoms with Gasteiger partial charge in [0.05, 0.1) is 19.4 Å². The first-order valence-corrected chi connectivity index (χ1v) is 9.57. The summed E-state index contributed by atoms with van der Waals surface area (Å²) in [5, 5.41) is 3.69. The lowest BCUT2D eigenvalue weighted by Crippen LogP contribution is -3.12. The smallest absolute Gasteiger partial charge is 0.251 e. The number of furan rings is 1. The molecule has 1 amide bonds. The minimum atomic E-state index is -0.0972. The lowest BCUT2D eigenvalue weighted by atomic mass is 9.98.